The number of nitrogens with zero attached hydrogens (tertiary/aromatic N) is 6. The highest BCUT2D eigenvalue weighted by Gasteiger charge is 2.62. The van der Waals surface area contributed by atoms with Crippen LogP contribution in [0.4, 0.5) is 13.2 Å². The molecular weight excluding hydrogens is 2150 g/mol. The maximum atomic E-state index is 12.6. The molecule has 31 nitrogen and oxygen atoms in total. The molecule has 0 aromatic carbocycles. The number of hydrogen-bond acceptors (Lipinski definition) is 25. The van der Waals surface area contributed by atoms with Crippen LogP contribution in [0.2, 0.25) is 0 Å². The Labute approximate surface area is 858 Å². The van der Waals surface area contributed by atoms with Crippen LogP contribution in [0.25, 0.3) is 29.1 Å². The molecule has 13 aliphatic heterocycles. The SMILES string of the molecule is [C-]#[N+][C@H](C)C[C@H]1CC[C@@H]2O[C@@H](/C=C/C(=O)OC)C[C@]2(CO)O1.[C-]#[N+][C@H](C)C[C@H]1CC[C@@H]2O[C@@H](CCC(=O)OC)C[C@]2(CI)O1.[C-]#[N+][C@H](C)C[C@H]1CC[C@@H]2O[C@@H](CCC(=O)OC)C[C@]2(CO)O1.[C-]#[N+][C@H](C)C[C@H]1CC[C@@H]2O[C@@H](CCC)C[C@]2(COS(=O)(=O)C(F)(F)F)O1.[C-]#[N+][C@H](C)C[C@H]1CC[C@@H]2O[C@@H](CCCC)C[C@]2(CI)O1.[C-]#[N+][C@H](C)C[C@H]1CC[C@@H]2O[C@@H]([C@H]3COC4(CCCCC4)O3)C[C@]2(CI)O1. The Morgan fingerprint density at radius 2 is 0.768 bits per heavy atom. The second-order valence-electron chi connectivity index (χ2n) is 40.5. The Hall–Kier alpha value is -3.66. The third-order valence-electron chi connectivity index (χ3n) is 29.7. The van der Waals surface area contributed by atoms with Gasteiger partial charge < -0.3 is 120 Å². The van der Waals surface area contributed by atoms with Crippen molar-refractivity contribution in [1.82, 2.24) is 0 Å². The van der Waals surface area contributed by atoms with Gasteiger partial charge in [-0.3, -0.25) is 13.8 Å². The maximum absolute atomic E-state index is 12.6. The normalized spacial score (nSPS) is 37.0. The van der Waals surface area contributed by atoms with Gasteiger partial charge in [0.25, 0.3) is 0 Å². The molecule has 13 heterocycles. The molecule has 31 atom stereocenters. The number of esters is 3. The Kier molecular flexibility index (Phi) is 47.3. The van der Waals surface area contributed by atoms with Crippen molar-refractivity contribution >= 4 is 95.8 Å². The summed E-state index contributed by atoms with van der Waals surface area (Å²) in [5.41, 5.74) is -8.66. The average Bonchev–Trinajstić information content (AvgIpc) is 1.64. The maximum Gasteiger partial charge on any atom is 0.523 e. The molecule has 14 rings (SSSR count). The summed E-state index contributed by atoms with van der Waals surface area (Å²) in [6.07, 6.45) is 34.7. The summed E-state index contributed by atoms with van der Waals surface area (Å²) in [6.45, 7) is 58.0. The van der Waals surface area contributed by atoms with Gasteiger partial charge in [-0.05, 0) is 122 Å². The summed E-state index contributed by atoms with van der Waals surface area (Å²) in [4.78, 5) is 55.0. The van der Waals surface area contributed by atoms with Crippen LogP contribution in [0.15, 0.2) is 12.2 Å². The standard InChI is InChI=1S/C20H30INO4.C16H24F3NO5S.C16H24INO4.C16H26INO2.C16H25NO5.C16H23NO5/c1-14(22-2)10-15-6-7-18-19(13-21,25-15)11-16(24-18)17-12-23-20(26-17)8-4-3-5-9-20;1-4-5-13-9-15(10-23-26(21,22)16(17,18)19)14(24-13)7-6-12(25-15)8-11(2)20-3;1-11(18-2)8-12-4-6-14-16(10-17,22-12)9-13(21-14)5-7-15(19)20-3;1-4-5-6-14-10-16(11-17)15(19-14)8-7-13(20-16)9-12(2)18-3;2*1-11(17-2)8-12-4-6-14-16(10-18,22-12)9-13(21-14)5-7-15(19)20-3/h14-18H,3-13H2,1H3;11-14H,4-10H2,1-2H3;11-14H,4-10H2,1,3H3;12-15H,4-11H2,1-2H3;11-14,18H,4-10H2,1,3H3;5,7,11-14,18H,4,6,8-10H2,1,3H3/b;;;;;7-5+/t14-,15-,16-,17-,18+,19-;11-,12-,13+,14+,15-;11-,12-,13+,14+,16-;12-,13-,14+,15+,16-;2*11-,12-,13+,14+,16-/m111111/s1. The van der Waals surface area contributed by atoms with E-state index in [1.807, 2.05) is 41.5 Å². The molecule has 1 saturated carbocycles. The van der Waals surface area contributed by atoms with E-state index in [0.717, 1.165) is 142 Å². The molecule has 14 fully saturated rings. The van der Waals surface area contributed by atoms with Gasteiger partial charge in [0.15, 0.2) is 5.79 Å². The Balaban J connectivity index is 0.000000186. The smallest absolute Gasteiger partial charge is 0.469 e. The van der Waals surface area contributed by atoms with E-state index in [1.54, 1.807) is 13.0 Å². The van der Waals surface area contributed by atoms with Crippen LogP contribution in [0.3, 0.4) is 0 Å². The van der Waals surface area contributed by atoms with Gasteiger partial charge in [0, 0.05) is 164 Å². The Morgan fingerprint density at radius 1 is 0.428 bits per heavy atom. The minimum Gasteiger partial charge on any atom is -0.469 e. The van der Waals surface area contributed by atoms with Crippen LogP contribution >= 0.6 is 67.8 Å². The lowest BCUT2D eigenvalue weighted by molar-refractivity contribution is -0.199. The molecule has 14 aliphatic rings. The van der Waals surface area contributed by atoms with Crippen molar-refractivity contribution in [1.29, 1.82) is 0 Å². The van der Waals surface area contributed by atoms with E-state index in [2.05, 4.69) is 117 Å². The van der Waals surface area contributed by atoms with Crippen LogP contribution in [0.1, 0.15) is 299 Å². The van der Waals surface area contributed by atoms with E-state index in [1.165, 1.54) is 59.5 Å². The summed E-state index contributed by atoms with van der Waals surface area (Å²) >= 11 is 7.26. The summed E-state index contributed by atoms with van der Waals surface area (Å²) in [7, 11) is -1.59. The zero-order valence-corrected chi connectivity index (χ0v) is 89.8. The summed E-state index contributed by atoms with van der Waals surface area (Å²) in [6, 6.07) is -0.350. The molecule has 0 amide bonds. The molecule has 0 bridgehead atoms. The molecule has 1 spiro atoms. The van der Waals surface area contributed by atoms with Crippen molar-refractivity contribution in [2.75, 3.05) is 61.0 Å². The first kappa shape index (κ1) is 118. The molecule has 0 unspecified atom stereocenters. The lowest BCUT2D eigenvalue weighted by Crippen LogP contribution is -2.52. The third kappa shape index (κ3) is 32.2. The van der Waals surface area contributed by atoms with Crippen molar-refractivity contribution in [3.8, 4) is 0 Å². The summed E-state index contributed by atoms with van der Waals surface area (Å²) in [5.74, 6) is -1.21. The lowest BCUT2D eigenvalue weighted by atomic mass is 9.85. The highest BCUT2D eigenvalue weighted by molar-refractivity contribution is 14.1. The van der Waals surface area contributed by atoms with Crippen molar-refractivity contribution in [2.24, 2.45) is 0 Å². The van der Waals surface area contributed by atoms with Gasteiger partial charge in [-0.1, -0.05) is 107 Å². The second kappa shape index (κ2) is 55.4. The number of alkyl halides is 6. The number of aliphatic hydroxyl groups excluding tert-OH is 2. The van der Waals surface area contributed by atoms with Crippen LogP contribution in [-0.4, -0.2) is 295 Å². The number of aliphatic hydroxyl groups is 2. The number of fused-ring (bicyclic) bond motifs is 6. The molecule has 138 heavy (non-hydrogen) atoms. The van der Waals surface area contributed by atoms with Crippen molar-refractivity contribution in [3.05, 3.63) is 80.7 Å². The van der Waals surface area contributed by atoms with Gasteiger partial charge in [-0.2, -0.15) is 21.6 Å². The number of ether oxygens (including phenoxy) is 17. The van der Waals surface area contributed by atoms with E-state index < -0.39 is 51.1 Å². The van der Waals surface area contributed by atoms with E-state index in [0.29, 0.717) is 89.8 Å². The largest absolute Gasteiger partial charge is 0.523 e. The molecule has 13 saturated heterocycles. The minimum atomic E-state index is -5.70. The number of carbonyl (C=O) groups is 3. The molecule has 2 N–H and O–H groups in total. The molecule has 0 aromatic rings. The first-order valence-corrected chi connectivity index (χ1v) is 56.1. The predicted molar refractivity (Wildman–Crippen MR) is 531 cm³/mol. The topological polar surface area (TPSA) is 318 Å². The molecule has 0 aromatic heterocycles. The average molecular weight is 2310 g/mol. The van der Waals surface area contributed by atoms with Crippen molar-refractivity contribution < 1.29 is 131 Å². The van der Waals surface area contributed by atoms with Gasteiger partial charge in [-0.25, -0.2) is 44.2 Å². The number of hydrogen-bond donors (Lipinski definition) is 2. The number of rotatable bonds is 34. The van der Waals surface area contributed by atoms with Gasteiger partial charge in [0.1, 0.15) is 39.7 Å². The van der Waals surface area contributed by atoms with E-state index >= 15 is 0 Å². The quantitative estimate of drug-likeness (QED) is 0.00883. The Bertz CT molecular complexity index is 4150. The van der Waals surface area contributed by atoms with Gasteiger partial charge in [-0.15, -0.1) is 0 Å². The Morgan fingerprint density at radius 3 is 1.14 bits per heavy atom. The zero-order chi connectivity index (χ0) is 101. The van der Waals surface area contributed by atoms with Crippen LogP contribution in [0.5, 0.6) is 0 Å². The zero-order valence-electron chi connectivity index (χ0n) is 82.6. The molecule has 780 valence electrons. The van der Waals surface area contributed by atoms with E-state index in [4.69, 9.17) is 110 Å². The van der Waals surface area contributed by atoms with Crippen LogP contribution in [-0.2, 0) is 109 Å². The molecule has 1 aliphatic carbocycles. The lowest BCUT2D eigenvalue weighted by Gasteiger charge is -2.41. The minimum absolute atomic E-state index is 0.00421. The van der Waals surface area contributed by atoms with Gasteiger partial charge in [0.2, 0.25) is 36.3 Å². The summed E-state index contributed by atoms with van der Waals surface area (Å²) < 4.78 is 168. The molecule has 0 radical (unpaired) electrons. The van der Waals surface area contributed by atoms with Crippen molar-refractivity contribution in [3.63, 3.8) is 0 Å². The van der Waals surface area contributed by atoms with Gasteiger partial charge >= 0.3 is 33.5 Å². The van der Waals surface area contributed by atoms with Crippen LogP contribution in [0, 0.1) is 39.4 Å². The second-order valence-corrected chi connectivity index (χ2v) is 44.4. The molecule has 38 heteroatoms. The third-order valence-corrected chi connectivity index (χ3v) is 34.5. The highest BCUT2D eigenvalue weighted by atomic mass is 127. The first-order chi connectivity index (χ1) is 65.8. The highest BCUT2D eigenvalue weighted by Crippen LogP contribution is 2.53. The number of carbonyl (C=O) groups excluding carboxylic acids is 3. The fourth-order valence-electron chi connectivity index (χ4n) is 22.3. The number of unbranched alkanes of at least 4 members (excludes halogenated alkanes) is 1. The van der Waals surface area contributed by atoms with E-state index in [9.17, 15) is 46.2 Å². The molecular formula is C100H152F3I3N6O25S. The number of methoxy groups -OCH3 is 3. The van der Waals surface area contributed by atoms with Gasteiger partial charge in [0.05, 0.1) is 158 Å². The fraction of sp³-hybridized carbons (Fsp3) is 0.890. The number of halogens is 6. The van der Waals surface area contributed by atoms with Crippen molar-refractivity contribution in [2.45, 2.75) is 497 Å². The first-order valence-electron chi connectivity index (χ1n) is 50.1. The summed E-state index contributed by atoms with van der Waals surface area (Å²) in [5, 5.41) is 19.7. The fourth-order valence-corrected chi connectivity index (χ4v) is 25.8. The van der Waals surface area contributed by atoms with Crippen LogP contribution < -0.4 is 0 Å². The monoisotopic (exact) mass is 2310 g/mol. The van der Waals surface area contributed by atoms with E-state index in [-0.39, 0.29) is 194 Å². The predicted octanol–water partition coefficient (Wildman–Crippen LogP) is 18.4.